The van der Waals surface area contributed by atoms with E-state index in [-0.39, 0.29) is 24.9 Å². The number of hydrogen-bond donors (Lipinski definition) is 1. The summed E-state index contributed by atoms with van der Waals surface area (Å²) in [4.78, 5) is 27.4. The maximum absolute atomic E-state index is 13.5. The highest BCUT2D eigenvalue weighted by Crippen LogP contribution is 2.36. The van der Waals surface area contributed by atoms with Gasteiger partial charge in [-0.25, -0.2) is 8.42 Å². The second kappa shape index (κ2) is 10.3. The monoisotopic (exact) mass is 495 g/mol. The quantitative estimate of drug-likeness (QED) is 0.572. The molecule has 1 aliphatic heterocycles. The molecule has 1 aliphatic rings. The number of carbonyl (C=O) groups is 2. The summed E-state index contributed by atoms with van der Waals surface area (Å²) in [5, 5.41) is 3.12. The Bertz CT molecular complexity index is 1120. The van der Waals surface area contributed by atoms with Crippen LogP contribution in [-0.4, -0.2) is 57.8 Å². The number of hydrogen-bond acceptors (Lipinski definition) is 6. The predicted octanol–water partition coefficient (Wildman–Crippen LogP) is 2.39. The minimum Gasteiger partial charge on any atom is -0.454 e. The third-order valence-electron chi connectivity index (χ3n) is 5.22. The summed E-state index contributed by atoms with van der Waals surface area (Å²) in [5.41, 5.74) is 1.01. The van der Waals surface area contributed by atoms with Crippen molar-refractivity contribution in [2.24, 2.45) is 0 Å². The zero-order valence-corrected chi connectivity index (χ0v) is 20.1. The summed E-state index contributed by atoms with van der Waals surface area (Å²) < 4.78 is 36.8. The Balaban J connectivity index is 1.93. The lowest BCUT2D eigenvalue weighted by Gasteiger charge is -2.32. The van der Waals surface area contributed by atoms with Gasteiger partial charge in [-0.1, -0.05) is 30.7 Å². The molecule has 2 amide bonds. The second-order valence-electron chi connectivity index (χ2n) is 7.49. The van der Waals surface area contributed by atoms with Gasteiger partial charge in [-0.3, -0.25) is 13.9 Å². The van der Waals surface area contributed by atoms with E-state index in [4.69, 9.17) is 21.1 Å². The standard InChI is InChI=1S/C22H26ClN3O6S/c1-4-18(22(28)24-2)25(12-15-5-7-16(23)8-6-15)21(27)13-26(33(3,29)30)17-9-10-19-20(11-17)32-14-31-19/h5-11,18H,4,12-14H2,1-3H3,(H,24,28). The fourth-order valence-corrected chi connectivity index (χ4v) is 4.49. The Labute approximate surface area is 198 Å². The smallest absolute Gasteiger partial charge is 0.244 e. The maximum atomic E-state index is 13.5. The highest BCUT2D eigenvalue weighted by Gasteiger charge is 2.31. The summed E-state index contributed by atoms with van der Waals surface area (Å²) in [6.45, 7) is 1.45. The Morgan fingerprint density at radius 1 is 1.12 bits per heavy atom. The molecule has 11 heteroatoms. The minimum atomic E-state index is -3.83. The Morgan fingerprint density at radius 3 is 2.39 bits per heavy atom. The zero-order chi connectivity index (χ0) is 24.2. The van der Waals surface area contributed by atoms with E-state index >= 15 is 0 Å². The third kappa shape index (κ3) is 5.88. The van der Waals surface area contributed by atoms with Crippen molar-refractivity contribution in [2.45, 2.75) is 25.9 Å². The number of nitrogens with zero attached hydrogens (tertiary/aromatic N) is 2. The highest BCUT2D eigenvalue weighted by atomic mass is 35.5. The molecule has 0 aromatic heterocycles. The lowest BCUT2D eigenvalue weighted by atomic mass is 10.1. The molecule has 1 unspecified atom stereocenters. The number of rotatable bonds is 9. The van der Waals surface area contributed by atoms with Gasteiger partial charge in [0.2, 0.25) is 28.6 Å². The summed E-state index contributed by atoms with van der Waals surface area (Å²) >= 11 is 5.96. The number of nitrogens with one attached hydrogen (secondary N) is 1. The van der Waals surface area contributed by atoms with E-state index in [0.29, 0.717) is 22.9 Å². The molecule has 0 fully saturated rings. The van der Waals surface area contributed by atoms with Gasteiger partial charge in [0.05, 0.1) is 11.9 Å². The van der Waals surface area contributed by atoms with Gasteiger partial charge < -0.3 is 19.7 Å². The lowest BCUT2D eigenvalue weighted by molar-refractivity contribution is -0.140. The molecule has 0 saturated carbocycles. The van der Waals surface area contributed by atoms with Gasteiger partial charge in [0.25, 0.3) is 0 Å². The average molecular weight is 496 g/mol. The number of amides is 2. The molecule has 2 aromatic rings. The van der Waals surface area contributed by atoms with Gasteiger partial charge in [-0.05, 0) is 36.2 Å². The fourth-order valence-electron chi connectivity index (χ4n) is 3.53. The van der Waals surface area contributed by atoms with Crippen LogP contribution in [0.2, 0.25) is 5.02 Å². The molecular weight excluding hydrogens is 470 g/mol. The topological polar surface area (TPSA) is 105 Å². The minimum absolute atomic E-state index is 0.0375. The number of benzene rings is 2. The highest BCUT2D eigenvalue weighted by molar-refractivity contribution is 7.92. The Hall–Kier alpha value is -2.98. The van der Waals surface area contributed by atoms with E-state index in [1.54, 1.807) is 43.3 Å². The van der Waals surface area contributed by atoms with Crippen molar-refractivity contribution in [1.82, 2.24) is 10.2 Å². The van der Waals surface area contributed by atoms with Crippen LogP contribution in [0.15, 0.2) is 42.5 Å². The first kappa shape index (κ1) is 24.7. The van der Waals surface area contributed by atoms with Crippen molar-refractivity contribution in [3.8, 4) is 11.5 Å². The van der Waals surface area contributed by atoms with Gasteiger partial charge in [0, 0.05) is 24.7 Å². The number of sulfonamides is 1. The molecule has 33 heavy (non-hydrogen) atoms. The first-order valence-electron chi connectivity index (χ1n) is 10.3. The zero-order valence-electron chi connectivity index (χ0n) is 18.6. The molecule has 0 spiro atoms. The van der Waals surface area contributed by atoms with E-state index in [1.165, 1.54) is 18.0 Å². The molecule has 1 atom stereocenters. The Kier molecular flexibility index (Phi) is 7.70. The van der Waals surface area contributed by atoms with Crippen LogP contribution in [0.5, 0.6) is 11.5 Å². The van der Waals surface area contributed by atoms with Crippen molar-refractivity contribution in [3.63, 3.8) is 0 Å². The largest absolute Gasteiger partial charge is 0.454 e. The molecule has 178 valence electrons. The van der Waals surface area contributed by atoms with E-state index in [0.717, 1.165) is 16.1 Å². The van der Waals surface area contributed by atoms with Gasteiger partial charge >= 0.3 is 0 Å². The van der Waals surface area contributed by atoms with E-state index in [1.807, 2.05) is 0 Å². The predicted molar refractivity (Wildman–Crippen MR) is 125 cm³/mol. The molecule has 3 rings (SSSR count). The normalized spacial score (nSPS) is 13.3. The van der Waals surface area contributed by atoms with E-state index in [9.17, 15) is 18.0 Å². The number of fused-ring (bicyclic) bond motifs is 1. The summed E-state index contributed by atoms with van der Waals surface area (Å²) in [5.74, 6) is 0.0225. The van der Waals surface area contributed by atoms with Crippen LogP contribution in [0.4, 0.5) is 5.69 Å². The van der Waals surface area contributed by atoms with Gasteiger partial charge in [-0.2, -0.15) is 0 Å². The van der Waals surface area contributed by atoms with Crippen LogP contribution in [0.1, 0.15) is 18.9 Å². The molecule has 1 N–H and O–H groups in total. The maximum Gasteiger partial charge on any atom is 0.244 e. The fraction of sp³-hybridized carbons (Fsp3) is 0.364. The molecule has 0 aliphatic carbocycles. The second-order valence-corrected chi connectivity index (χ2v) is 9.84. The van der Waals surface area contributed by atoms with Crippen LogP contribution in [-0.2, 0) is 26.2 Å². The molecular formula is C22H26ClN3O6S. The van der Waals surface area contributed by atoms with Crippen molar-refractivity contribution in [2.75, 3.05) is 30.9 Å². The van der Waals surface area contributed by atoms with Crippen molar-refractivity contribution < 1.29 is 27.5 Å². The van der Waals surface area contributed by atoms with Crippen LogP contribution in [0.25, 0.3) is 0 Å². The van der Waals surface area contributed by atoms with Crippen molar-refractivity contribution >= 4 is 39.1 Å². The van der Waals surface area contributed by atoms with Crippen LogP contribution < -0.4 is 19.1 Å². The molecule has 0 saturated heterocycles. The van der Waals surface area contributed by atoms with E-state index < -0.39 is 28.5 Å². The number of anilines is 1. The van der Waals surface area contributed by atoms with Crippen LogP contribution in [0, 0.1) is 0 Å². The SMILES string of the molecule is CCC(C(=O)NC)N(Cc1ccc(Cl)cc1)C(=O)CN(c1ccc2c(c1)OCO2)S(C)(=O)=O. The first-order valence-corrected chi connectivity index (χ1v) is 12.5. The summed E-state index contributed by atoms with van der Waals surface area (Å²) in [7, 11) is -2.34. The average Bonchev–Trinajstić information content (AvgIpc) is 3.25. The molecule has 0 radical (unpaired) electrons. The lowest BCUT2D eigenvalue weighted by Crippen LogP contribution is -2.51. The van der Waals surface area contributed by atoms with Crippen LogP contribution >= 0.6 is 11.6 Å². The molecule has 2 aromatic carbocycles. The van der Waals surface area contributed by atoms with Crippen molar-refractivity contribution in [1.29, 1.82) is 0 Å². The molecule has 1 heterocycles. The number of ether oxygens (including phenoxy) is 2. The number of carbonyl (C=O) groups excluding carboxylic acids is 2. The number of likely N-dealkylation sites (N-methyl/N-ethyl adjacent to an activating group) is 1. The van der Waals surface area contributed by atoms with Crippen molar-refractivity contribution in [3.05, 3.63) is 53.1 Å². The number of halogens is 1. The van der Waals surface area contributed by atoms with Gasteiger partial charge in [0.1, 0.15) is 12.6 Å². The van der Waals surface area contributed by atoms with Gasteiger partial charge in [-0.15, -0.1) is 0 Å². The van der Waals surface area contributed by atoms with E-state index in [2.05, 4.69) is 5.32 Å². The molecule has 9 nitrogen and oxygen atoms in total. The Morgan fingerprint density at radius 2 is 1.79 bits per heavy atom. The summed E-state index contributed by atoms with van der Waals surface area (Å²) in [6.07, 6.45) is 1.37. The summed E-state index contributed by atoms with van der Waals surface area (Å²) in [6, 6.07) is 10.8. The first-order chi connectivity index (χ1) is 15.6. The van der Waals surface area contributed by atoms with Gasteiger partial charge in [0.15, 0.2) is 11.5 Å². The third-order valence-corrected chi connectivity index (χ3v) is 6.61. The molecule has 0 bridgehead atoms. The van der Waals surface area contributed by atoms with Crippen LogP contribution in [0.3, 0.4) is 0 Å².